The van der Waals surface area contributed by atoms with E-state index < -0.39 is 42.3 Å². The van der Waals surface area contributed by atoms with E-state index in [2.05, 4.69) is 6.58 Å². The number of fused-ring (bicyclic) bond motifs is 1. The Morgan fingerprint density at radius 2 is 2.00 bits per heavy atom. The van der Waals surface area contributed by atoms with Crippen molar-refractivity contribution in [2.24, 2.45) is 5.92 Å². The number of allylic oxidation sites excluding steroid dienone is 1. The molecule has 2 rings (SSSR count). The lowest BCUT2D eigenvalue weighted by molar-refractivity contribution is -0.150. The van der Waals surface area contributed by atoms with Crippen LogP contribution >= 0.6 is 0 Å². The minimum absolute atomic E-state index is 0.123. The zero-order valence-electron chi connectivity index (χ0n) is 15.6. The Morgan fingerprint density at radius 1 is 1.35 bits per heavy atom. The molecule has 6 heteroatoms. The monoisotopic (exact) mass is 362 g/mol. The van der Waals surface area contributed by atoms with Crippen molar-refractivity contribution < 1.29 is 29.3 Å². The van der Waals surface area contributed by atoms with Crippen LogP contribution in [-0.4, -0.2) is 46.6 Å². The van der Waals surface area contributed by atoms with Crippen LogP contribution in [0.1, 0.15) is 34.1 Å². The molecule has 142 valence electrons. The molecule has 0 aromatic carbocycles. The molecule has 6 nitrogen and oxygen atoms in total. The molecule has 0 aromatic heterocycles. The summed E-state index contributed by atoms with van der Waals surface area (Å²) in [6, 6.07) is 0. The van der Waals surface area contributed by atoms with Gasteiger partial charge in [-0.2, -0.15) is 0 Å². The number of aliphatic hydroxyl groups is 2. The SMILES string of the molecule is C=C1C(=O)O[C@H]2/C=C(/C)[C@H](O)C/C=C(\C)[C@H](OC(=O)/C(C)=C\C)[C@@H](O)[C@H]12. The fourth-order valence-electron chi connectivity index (χ4n) is 3.06. The number of hydrogen-bond donors (Lipinski definition) is 2. The van der Waals surface area contributed by atoms with Crippen molar-refractivity contribution in [2.75, 3.05) is 0 Å². The number of aliphatic hydroxyl groups excluding tert-OH is 2. The highest BCUT2D eigenvalue weighted by atomic mass is 16.6. The quantitative estimate of drug-likeness (QED) is 0.443. The second-order valence-electron chi connectivity index (χ2n) is 6.82. The first kappa shape index (κ1) is 20.1. The van der Waals surface area contributed by atoms with Crippen LogP contribution in [0.2, 0.25) is 0 Å². The first-order chi connectivity index (χ1) is 12.2. The fourth-order valence-corrected chi connectivity index (χ4v) is 3.06. The Balaban J connectivity index is 2.46. The second-order valence-corrected chi connectivity index (χ2v) is 6.82. The van der Waals surface area contributed by atoms with Crippen molar-refractivity contribution in [3.05, 3.63) is 47.1 Å². The molecule has 0 bridgehead atoms. The van der Waals surface area contributed by atoms with Crippen molar-refractivity contribution >= 4 is 11.9 Å². The highest BCUT2D eigenvalue weighted by molar-refractivity contribution is 5.91. The molecular weight excluding hydrogens is 336 g/mol. The lowest BCUT2D eigenvalue weighted by atomic mass is 9.83. The Bertz CT molecular complexity index is 699. The van der Waals surface area contributed by atoms with Crippen molar-refractivity contribution in [1.82, 2.24) is 0 Å². The third kappa shape index (κ3) is 3.97. The van der Waals surface area contributed by atoms with E-state index in [4.69, 9.17) is 9.47 Å². The van der Waals surface area contributed by atoms with E-state index in [-0.39, 0.29) is 5.57 Å². The lowest BCUT2D eigenvalue weighted by Gasteiger charge is -2.31. The third-order valence-electron chi connectivity index (χ3n) is 4.99. The molecule has 1 aliphatic carbocycles. The summed E-state index contributed by atoms with van der Waals surface area (Å²) in [6.45, 7) is 10.5. The molecule has 5 atom stereocenters. The number of hydrogen-bond acceptors (Lipinski definition) is 6. The third-order valence-corrected chi connectivity index (χ3v) is 4.99. The summed E-state index contributed by atoms with van der Waals surface area (Å²) >= 11 is 0. The highest BCUT2D eigenvalue weighted by Gasteiger charge is 2.46. The van der Waals surface area contributed by atoms with Gasteiger partial charge in [0.15, 0.2) is 0 Å². The van der Waals surface area contributed by atoms with E-state index in [1.165, 1.54) is 0 Å². The molecule has 1 saturated heterocycles. The predicted molar refractivity (Wildman–Crippen MR) is 96.0 cm³/mol. The van der Waals surface area contributed by atoms with Gasteiger partial charge in [-0.3, -0.25) is 0 Å². The summed E-state index contributed by atoms with van der Waals surface area (Å²) in [5.41, 5.74) is 1.76. The van der Waals surface area contributed by atoms with Gasteiger partial charge in [0, 0.05) is 11.1 Å². The summed E-state index contributed by atoms with van der Waals surface area (Å²) in [4.78, 5) is 24.2. The highest BCUT2D eigenvalue weighted by Crippen LogP contribution is 2.35. The second kappa shape index (κ2) is 8.01. The molecule has 0 aromatic rings. The Morgan fingerprint density at radius 3 is 2.62 bits per heavy atom. The zero-order chi connectivity index (χ0) is 19.6. The molecule has 0 saturated carbocycles. The summed E-state index contributed by atoms with van der Waals surface area (Å²) < 4.78 is 10.8. The van der Waals surface area contributed by atoms with Crippen LogP contribution in [-0.2, 0) is 19.1 Å². The van der Waals surface area contributed by atoms with Crippen molar-refractivity contribution in [3.8, 4) is 0 Å². The van der Waals surface area contributed by atoms with Gasteiger partial charge in [0.2, 0.25) is 0 Å². The van der Waals surface area contributed by atoms with Crippen LogP contribution in [0.4, 0.5) is 0 Å². The van der Waals surface area contributed by atoms with E-state index in [0.717, 1.165) is 0 Å². The molecular formula is C20H26O6. The Kier molecular flexibility index (Phi) is 6.21. The van der Waals surface area contributed by atoms with Crippen molar-refractivity contribution in [2.45, 2.75) is 58.5 Å². The van der Waals surface area contributed by atoms with Crippen molar-refractivity contribution in [1.29, 1.82) is 0 Å². The van der Waals surface area contributed by atoms with Gasteiger partial charge in [0.1, 0.15) is 18.3 Å². The van der Waals surface area contributed by atoms with Gasteiger partial charge >= 0.3 is 11.9 Å². The van der Waals surface area contributed by atoms with Gasteiger partial charge in [-0.1, -0.05) is 18.7 Å². The maximum Gasteiger partial charge on any atom is 0.334 e. The van der Waals surface area contributed by atoms with Crippen molar-refractivity contribution in [3.63, 3.8) is 0 Å². The van der Waals surface area contributed by atoms with Gasteiger partial charge in [0.25, 0.3) is 0 Å². The maximum atomic E-state index is 12.2. The summed E-state index contributed by atoms with van der Waals surface area (Å²) in [7, 11) is 0. The predicted octanol–water partition coefficient (Wildman–Crippen LogP) is 1.98. The standard InChI is InChI=1S/C20H26O6/c1-6-10(2)19(23)26-18-11(3)7-8-14(21)12(4)9-15-16(17(18)22)13(5)20(24)25-15/h6-7,9,14-18,21-22H,5,8H2,1-4H3/b10-6-,11-7+,12-9-/t14-,15+,16-,17+,18+/m1/s1. The average Bonchev–Trinajstić information content (AvgIpc) is 2.88. The first-order valence-corrected chi connectivity index (χ1v) is 8.62. The van der Waals surface area contributed by atoms with Crippen LogP contribution in [0.25, 0.3) is 0 Å². The van der Waals surface area contributed by atoms with E-state index in [0.29, 0.717) is 23.1 Å². The molecule has 0 radical (unpaired) electrons. The molecule has 0 amide bonds. The van der Waals surface area contributed by atoms with Crippen LogP contribution in [0.3, 0.4) is 0 Å². The number of esters is 2. The van der Waals surface area contributed by atoms with E-state index in [9.17, 15) is 19.8 Å². The van der Waals surface area contributed by atoms with Crippen LogP contribution in [0, 0.1) is 5.92 Å². The van der Waals surface area contributed by atoms with Crippen LogP contribution < -0.4 is 0 Å². The summed E-state index contributed by atoms with van der Waals surface area (Å²) in [5.74, 6) is -1.93. The topological polar surface area (TPSA) is 93.1 Å². The van der Waals surface area contributed by atoms with E-state index >= 15 is 0 Å². The van der Waals surface area contributed by atoms with Crippen LogP contribution in [0.5, 0.6) is 0 Å². The average molecular weight is 362 g/mol. The molecule has 0 unspecified atom stereocenters. The number of ether oxygens (including phenoxy) is 2. The van der Waals surface area contributed by atoms with Gasteiger partial charge in [-0.25, -0.2) is 9.59 Å². The normalized spacial score (nSPS) is 37.0. The molecule has 1 aliphatic heterocycles. The summed E-state index contributed by atoms with van der Waals surface area (Å²) in [5, 5.41) is 21.2. The van der Waals surface area contributed by atoms with Crippen LogP contribution in [0.15, 0.2) is 47.1 Å². The fraction of sp³-hybridized carbons (Fsp3) is 0.500. The molecule has 0 spiro atoms. The Hall–Kier alpha value is -2.18. The smallest absolute Gasteiger partial charge is 0.334 e. The molecule has 2 aliphatic rings. The number of rotatable bonds is 2. The van der Waals surface area contributed by atoms with Gasteiger partial charge in [0.05, 0.1) is 12.0 Å². The first-order valence-electron chi connectivity index (χ1n) is 8.62. The molecule has 1 fully saturated rings. The number of carbonyl (C=O) groups is 2. The minimum Gasteiger partial charge on any atom is -0.454 e. The lowest BCUT2D eigenvalue weighted by Crippen LogP contribution is -2.42. The number of carbonyl (C=O) groups excluding carboxylic acids is 2. The molecule has 1 heterocycles. The van der Waals surface area contributed by atoms with E-state index in [1.54, 1.807) is 45.9 Å². The van der Waals surface area contributed by atoms with Gasteiger partial charge < -0.3 is 19.7 Å². The zero-order valence-corrected chi connectivity index (χ0v) is 15.6. The molecule has 2 N–H and O–H groups in total. The minimum atomic E-state index is -1.21. The largest absolute Gasteiger partial charge is 0.454 e. The van der Waals surface area contributed by atoms with Gasteiger partial charge in [-0.05, 0) is 51.3 Å². The summed E-state index contributed by atoms with van der Waals surface area (Å²) in [6.07, 6.45) is 1.56. The Labute approximate surface area is 153 Å². The van der Waals surface area contributed by atoms with E-state index in [1.807, 2.05) is 0 Å². The molecule has 26 heavy (non-hydrogen) atoms. The maximum absolute atomic E-state index is 12.2. The van der Waals surface area contributed by atoms with Gasteiger partial charge in [-0.15, -0.1) is 0 Å².